The molecule has 140 valence electrons. The number of rotatable bonds is 4. The van der Waals surface area contributed by atoms with E-state index in [1.807, 2.05) is 20.8 Å². The maximum absolute atomic E-state index is 12.5. The van der Waals surface area contributed by atoms with Crippen LogP contribution in [0, 0.1) is 0 Å². The number of carbonyl (C=O) groups excluding carboxylic acids is 1. The molecule has 0 aromatic heterocycles. The summed E-state index contributed by atoms with van der Waals surface area (Å²) in [6.07, 6.45) is -2.82. The van der Waals surface area contributed by atoms with E-state index >= 15 is 0 Å². The summed E-state index contributed by atoms with van der Waals surface area (Å²) >= 11 is 0. The fourth-order valence-corrected chi connectivity index (χ4v) is 2.80. The summed E-state index contributed by atoms with van der Waals surface area (Å²) in [7, 11) is 0. The molecule has 2 rings (SSSR count). The molecule has 1 aliphatic rings. The monoisotopic (exact) mass is 358 g/mol. The minimum absolute atomic E-state index is 0.0456. The van der Waals surface area contributed by atoms with Crippen LogP contribution in [0.3, 0.4) is 0 Å². The number of halogens is 3. The van der Waals surface area contributed by atoms with E-state index in [1.54, 1.807) is 4.90 Å². The van der Waals surface area contributed by atoms with Gasteiger partial charge in [0.2, 0.25) is 0 Å². The van der Waals surface area contributed by atoms with Gasteiger partial charge in [0.1, 0.15) is 5.60 Å². The van der Waals surface area contributed by atoms with Crippen LogP contribution in [-0.4, -0.2) is 35.7 Å². The summed E-state index contributed by atoms with van der Waals surface area (Å²) in [4.78, 5) is 13.9. The number of ether oxygens (including phenoxy) is 1. The summed E-state index contributed by atoms with van der Waals surface area (Å²) in [5.74, 6) is 0. The van der Waals surface area contributed by atoms with Crippen LogP contribution in [0.1, 0.15) is 44.7 Å². The van der Waals surface area contributed by atoms with Gasteiger partial charge < -0.3 is 15.0 Å². The molecule has 1 heterocycles. The van der Waals surface area contributed by atoms with Crippen molar-refractivity contribution in [1.29, 1.82) is 0 Å². The van der Waals surface area contributed by atoms with E-state index in [2.05, 4.69) is 5.32 Å². The summed E-state index contributed by atoms with van der Waals surface area (Å²) in [6.45, 7) is 7.20. The third-order valence-electron chi connectivity index (χ3n) is 4.00. The lowest BCUT2D eigenvalue weighted by molar-refractivity contribution is -0.137. The Morgan fingerprint density at radius 3 is 2.44 bits per heavy atom. The minimum atomic E-state index is -4.32. The van der Waals surface area contributed by atoms with Gasteiger partial charge in [-0.15, -0.1) is 0 Å². The number of hydrogen-bond acceptors (Lipinski definition) is 3. The predicted molar refractivity (Wildman–Crippen MR) is 89.1 cm³/mol. The Bertz CT molecular complexity index is 579. The maximum atomic E-state index is 12.5. The fourth-order valence-electron chi connectivity index (χ4n) is 2.80. The number of benzene rings is 1. The molecule has 0 radical (unpaired) electrons. The van der Waals surface area contributed by atoms with Crippen molar-refractivity contribution in [2.45, 2.75) is 58.0 Å². The highest BCUT2D eigenvalue weighted by atomic mass is 19.4. The second-order valence-electron chi connectivity index (χ2n) is 7.30. The second kappa shape index (κ2) is 7.64. The average Bonchev–Trinajstić information content (AvgIpc) is 2.94. The molecule has 1 aromatic rings. The highest BCUT2D eigenvalue weighted by Gasteiger charge is 2.32. The molecule has 0 saturated carbocycles. The van der Waals surface area contributed by atoms with Crippen molar-refractivity contribution < 1.29 is 22.7 Å². The van der Waals surface area contributed by atoms with E-state index < -0.39 is 17.3 Å². The Labute approximate surface area is 146 Å². The van der Waals surface area contributed by atoms with Gasteiger partial charge in [0.25, 0.3) is 0 Å². The molecule has 0 bridgehead atoms. The Morgan fingerprint density at radius 2 is 1.88 bits per heavy atom. The lowest BCUT2D eigenvalue weighted by atomic mass is 10.1. The summed E-state index contributed by atoms with van der Waals surface area (Å²) in [5, 5.41) is 3.22. The first kappa shape index (κ1) is 19.6. The predicted octanol–water partition coefficient (Wildman–Crippen LogP) is 4.19. The molecule has 1 saturated heterocycles. The third-order valence-corrected chi connectivity index (χ3v) is 4.00. The quantitative estimate of drug-likeness (QED) is 0.877. The molecule has 4 nitrogen and oxygen atoms in total. The van der Waals surface area contributed by atoms with Crippen molar-refractivity contribution in [2.24, 2.45) is 0 Å². The number of likely N-dealkylation sites (tertiary alicyclic amines) is 1. The van der Waals surface area contributed by atoms with E-state index in [-0.39, 0.29) is 12.1 Å². The second-order valence-corrected chi connectivity index (χ2v) is 7.30. The van der Waals surface area contributed by atoms with E-state index in [4.69, 9.17) is 4.74 Å². The van der Waals surface area contributed by atoms with Gasteiger partial charge in [-0.2, -0.15) is 13.2 Å². The molecule has 0 aliphatic carbocycles. The zero-order valence-corrected chi connectivity index (χ0v) is 14.8. The molecule has 1 atom stereocenters. The van der Waals surface area contributed by atoms with Gasteiger partial charge >= 0.3 is 12.3 Å². The summed E-state index contributed by atoms with van der Waals surface area (Å²) in [6, 6.07) is 5.15. The molecule has 25 heavy (non-hydrogen) atoms. The first-order valence-electron chi connectivity index (χ1n) is 8.43. The highest BCUT2D eigenvalue weighted by molar-refractivity contribution is 5.69. The molecule has 1 unspecified atom stereocenters. The van der Waals surface area contributed by atoms with Crippen molar-refractivity contribution in [3.8, 4) is 0 Å². The maximum Gasteiger partial charge on any atom is 0.416 e. The minimum Gasteiger partial charge on any atom is -0.444 e. The zero-order chi connectivity index (χ0) is 18.7. The first-order valence-corrected chi connectivity index (χ1v) is 8.43. The SMILES string of the molecule is CC(C)(C)OC(=O)N1CCCC1CNCc1ccc(C(F)(F)F)cc1. The van der Waals surface area contributed by atoms with Gasteiger partial charge in [-0.3, -0.25) is 0 Å². The first-order chi connectivity index (χ1) is 11.6. The third kappa shape index (κ3) is 5.92. The van der Waals surface area contributed by atoms with Crippen LogP contribution in [0.15, 0.2) is 24.3 Å². The number of alkyl halides is 3. The van der Waals surface area contributed by atoms with Crippen molar-refractivity contribution in [1.82, 2.24) is 10.2 Å². The molecule has 1 aromatic carbocycles. The van der Waals surface area contributed by atoms with Gasteiger partial charge in [0.05, 0.1) is 5.56 Å². The Kier molecular flexibility index (Phi) is 5.98. The van der Waals surface area contributed by atoms with Crippen LogP contribution in [0.2, 0.25) is 0 Å². The number of hydrogen-bond donors (Lipinski definition) is 1. The normalized spacial score (nSPS) is 18.5. The molecule has 1 amide bonds. The molecule has 0 spiro atoms. The number of amides is 1. The topological polar surface area (TPSA) is 41.6 Å². The standard InChI is InChI=1S/C18H25F3N2O2/c1-17(2,3)25-16(24)23-10-4-5-15(23)12-22-11-13-6-8-14(9-7-13)18(19,20)21/h6-9,15,22H,4-5,10-12H2,1-3H3. The molecular weight excluding hydrogens is 333 g/mol. The molecular formula is C18H25F3N2O2. The van der Waals surface area contributed by atoms with Crippen LogP contribution < -0.4 is 5.32 Å². The number of nitrogens with zero attached hydrogens (tertiary/aromatic N) is 1. The lowest BCUT2D eigenvalue weighted by Gasteiger charge is -2.28. The van der Waals surface area contributed by atoms with Crippen LogP contribution in [0.25, 0.3) is 0 Å². The van der Waals surface area contributed by atoms with Crippen molar-refractivity contribution in [3.63, 3.8) is 0 Å². The van der Waals surface area contributed by atoms with E-state index in [9.17, 15) is 18.0 Å². The van der Waals surface area contributed by atoms with Crippen molar-refractivity contribution in [3.05, 3.63) is 35.4 Å². The Balaban J connectivity index is 1.83. The van der Waals surface area contributed by atoms with E-state index in [0.717, 1.165) is 30.5 Å². The van der Waals surface area contributed by atoms with Crippen molar-refractivity contribution >= 4 is 6.09 Å². The molecule has 1 N–H and O–H groups in total. The lowest BCUT2D eigenvalue weighted by Crippen LogP contribution is -2.44. The largest absolute Gasteiger partial charge is 0.444 e. The smallest absolute Gasteiger partial charge is 0.416 e. The zero-order valence-electron chi connectivity index (χ0n) is 14.8. The van der Waals surface area contributed by atoms with Crippen LogP contribution in [0.4, 0.5) is 18.0 Å². The number of carbonyl (C=O) groups is 1. The van der Waals surface area contributed by atoms with Gasteiger partial charge in [-0.05, 0) is 51.3 Å². The summed E-state index contributed by atoms with van der Waals surface area (Å²) in [5.41, 5.74) is -0.407. The summed E-state index contributed by atoms with van der Waals surface area (Å²) < 4.78 is 43.1. The van der Waals surface area contributed by atoms with Crippen LogP contribution in [0.5, 0.6) is 0 Å². The van der Waals surface area contributed by atoms with E-state index in [0.29, 0.717) is 19.6 Å². The Morgan fingerprint density at radius 1 is 1.24 bits per heavy atom. The van der Waals surface area contributed by atoms with Crippen LogP contribution in [-0.2, 0) is 17.5 Å². The van der Waals surface area contributed by atoms with Gasteiger partial charge in [-0.25, -0.2) is 4.79 Å². The Hall–Kier alpha value is -1.76. The molecule has 1 aliphatic heterocycles. The molecule has 7 heteroatoms. The van der Waals surface area contributed by atoms with Gasteiger partial charge in [0, 0.05) is 25.7 Å². The van der Waals surface area contributed by atoms with Gasteiger partial charge in [0.15, 0.2) is 0 Å². The fraction of sp³-hybridized carbons (Fsp3) is 0.611. The highest BCUT2D eigenvalue weighted by Crippen LogP contribution is 2.29. The average molecular weight is 358 g/mol. The van der Waals surface area contributed by atoms with Crippen molar-refractivity contribution in [2.75, 3.05) is 13.1 Å². The molecule has 1 fully saturated rings. The van der Waals surface area contributed by atoms with Gasteiger partial charge in [-0.1, -0.05) is 12.1 Å². The van der Waals surface area contributed by atoms with E-state index in [1.165, 1.54) is 12.1 Å². The number of nitrogens with one attached hydrogen (secondary N) is 1. The van der Waals surface area contributed by atoms with Crippen LogP contribution >= 0.6 is 0 Å².